The van der Waals surface area contributed by atoms with E-state index in [2.05, 4.69) is 10.2 Å². The quantitative estimate of drug-likeness (QED) is 0.814. The molecule has 0 radical (unpaired) electrons. The van der Waals surface area contributed by atoms with Gasteiger partial charge in [0.1, 0.15) is 0 Å². The molecule has 1 amide bonds. The fourth-order valence-electron chi connectivity index (χ4n) is 3.01. The maximum Gasteiger partial charge on any atom is 0.219 e. The molecule has 0 saturated carbocycles. The van der Waals surface area contributed by atoms with Crippen molar-refractivity contribution in [3.05, 3.63) is 0 Å². The lowest BCUT2D eigenvalue weighted by molar-refractivity contribution is -0.129. The zero-order valence-electron chi connectivity index (χ0n) is 11.7. The van der Waals surface area contributed by atoms with Crippen molar-refractivity contribution < 1.29 is 4.79 Å². The average Bonchev–Trinajstić information content (AvgIpc) is 2.40. The first kappa shape index (κ1) is 13.8. The summed E-state index contributed by atoms with van der Waals surface area (Å²) in [5.41, 5.74) is 0. The van der Waals surface area contributed by atoms with Crippen LogP contribution in [0.3, 0.4) is 0 Å². The summed E-state index contributed by atoms with van der Waals surface area (Å²) < 4.78 is 0. The monoisotopic (exact) mass is 253 g/mol. The lowest BCUT2D eigenvalue weighted by atomic mass is 10.1. The van der Waals surface area contributed by atoms with E-state index in [9.17, 15) is 4.79 Å². The molecule has 0 atom stereocenters. The number of nitrogens with one attached hydrogen (secondary N) is 1. The first-order valence-electron chi connectivity index (χ1n) is 7.47. The Balaban J connectivity index is 1.56. The first-order valence-corrected chi connectivity index (χ1v) is 7.47. The highest BCUT2D eigenvalue weighted by atomic mass is 16.2. The standard InChI is InChI=1S/C14H27N3O/c1-13(18)17-10-5-14(6-11-17)15-7-12-16-8-3-2-4-9-16/h14-15H,2-12H2,1H3. The molecule has 1 N–H and O–H groups in total. The van der Waals surface area contributed by atoms with Crippen molar-refractivity contribution in [1.82, 2.24) is 15.1 Å². The summed E-state index contributed by atoms with van der Waals surface area (Å²) in [6, 6.07) is 0.616. The predicted molar refractivity (Wildman–Crippen MR) is 73.6 cm³/mol. The van der Waals surface area contributed by atoms with Gasteiger partial charge in [-0.3, -0.25) is 4.79 Å². The summed E-state index contributed by atoms with van der Waals surface area (Å²) in [4.78, 5) is 15.8. The van der Waals surface area contributed by atoms with E-state index in [1.54, 1.807) is 6.92 Å². The van der Waals surface area contributed by atoms with Crippen LogP contribution >= 0.6 is 0 Å². The average molecular weight is 253 g/mol. The van der Waals surface area contributed by atoms with Gasteiger partial charge in [-0.15, -0.1) is 0 Å². The molecule has 0 aromatic heterocycles. The van der Waals surface area contributed by atoms with Gasteiger partial charge in [0.25, 0.3) is 0 Å². The zero-order valence-corrected chi connectivity index (χ0v) is 11.7. The van der Waals surface area contributed by atoms with Crippen molar-refractivity contribution in [3.63, 3.8) is 0 Å². The molecule has 2 saturated heterocycles. The summed E-state index contributed by atoms with van der Waals surface area (Å²) in [5, 5.41) is 3.65. The van der Waals surface area contributed by atoms with Crippen LogP contribution in [-0.2, 0) is 4.79 Å². The number of carbonyl (C=O) groups excluding carboxylic acids is 1. The minimum absolute atomic E-state index is 0.224. The maximum atomic E-state index is 11.2. The fraction of sp³-hybridized carbons (Fsp3) is 0.929. The third kappa shape index (κ3) is 4.25. The van der Waals surface area contributed by atoms with Gasteiger partial charge in [0.15, 0.2) is 0 Å². The Morgan fingerprint density at radius 2 is 1.78 bits per heavy atom. The molecule has 2 rings (SSSR count). The van der Waals surface area contributed by atoms with Crippen molar-refractivity contribution in [2.24, 2.45) is 0 Å². The molecular formula is C14H27N3O. The molecule has 0 aromatic rings. The molecule has 18 heavy (non-hydrogen) atoms. The second kappa shape index (κ2) is 7.10. The van der Waals surface area contributed by atoms with Crippen molar-refractivity contribution in [2.45, 2.75) is 45.1 Å². The number of carbonyl (C=O) groups is 1. The smallest absolute Gasteiger partial charge is 0.219 e. The van der Waals surface area contributed by atoms with Gasteiger partial charge in [-0.1, -0.05) is 6.42 Å². The van der Waals surface area contributed by atoms with Crippen molar-refractivity contribution in [1.29, 1.82) is 0 Å². The molecule has 0 aliphatic carbocycles. The Morgan fingerprint density at radius 3 is 2.39 bits per heavy atom. The van der Waals surface area contributed by atoms with Crippen LogP contribution < -0.4 is 5.32 Å². The van der Waals surface area contributed by atoms with Crippen LogP contribution in [0.5, 0.6) is 0 Å². The third-order valence-corrected chi connectivity index (χ3v) is 4.25. The second-order valence-electron chi connectivity index (χ2n) is 5.64. The molecule has 0 unspecified atom stereocenters. The van der Waals surface area contributed by atoms with E-state index in [4.69, 9.17) is 0 Å². The topological polar surface area (TPSA) is 35.6 Å². The van der Waals surface area contributed by atoms with Gasteiger partial charge in [0.2, 0.25) is 5.91 Å². The van der Waals surface area contributed by atoms with Crippen LogP contribution in [0.2, 0.25) is 0 Å². The number of piperidine rings is 2. The Morgan fingerprint density at radius 1 is 1.11 bits per heavy atom. The highest BCUT2D eigenvalue weighted by molar-refractivity contribution is 5.73. The largest absolute Gasteiger partial charge is 0.343 e. The molecule has 104 valence electrons. The van der Waals surface area contributed by atoms with Crippen molar-refractivity contribution >= 4 is 5.91 Å². The normalized spacial score (nSPS) is 23.3. The van der Waals surface area contributed by atoms with Crippen LogP contribution in [0.25, 0.3) is 0 Å². The van der Waals surface area contributed by atoms with E-state index >= 15 is 0 Å². The second-order valence-corrected chi connectivity index (χ2v) is 5.64. The number of hydrogen-bond donors (Lipinski definition) is 1. The summed E-state index contributed by atoms with van der Waals surface area (Å²) in [5.74, 6) is 0.224. The SMILES string of the molecule is CC(=O)N1CCC(NCCN2CCCCC2)CC1. The van der Waals surface area contributed by atoms with E-state index in [0.29, 0.717) is 6.04 Å². The van der Waals surface area contributed by atoms with Crippen LogP contribution in [0, 0.1) is 0 Å². The highest BCUT2D eigenvalue weighted by Crippen LogP contribution is 2.11. The fourth-order valence-corrected chi connectivity index (χ4v) is 3.01. The van der Waals surface area contributed by atoms with E-state index in [1.165, 1.54) is 38.9 Å². The first-order chi connectivity index (χ1) is 8.75. The predicted octanol–water partition coefficient (Wildman–Crippen LogP) is 1.07. The lowest BCUT2D eigenvalue weighted by Gasteiger charge is -2.33. The zero-order chi connectivity index (χ0) is 12.8. The van der Waals surface area contributed by atoms with Gasteiger partial charge in [0.05, 0.1) is 0 Å². The number of likely N-dealkylation sites (tertiary alicyclic amines) is 2. The van der Waals surface area contributed by atoms with Gasteiger partial charge in [-0.25, -0.2) is 0 Å². The molecular weight excluding hydrogens is 226 g/mol. The van der Waals surface area contributed by atoms with Crippen LogP contribution in [0.4, 0.5) is 0 Å². The van der Waals surface area contributed by atoms with E-state index in [0.717, 1.165) is 32.5 Å². The summed E-state index contributed by atoms with van der Waals surface area (Å²) in [6.07, 6.45) is 6.38. The Kier molecular flexibility index (Phi) is 5.45. The van der Waals surface area contributed by atoms with Gasteiger partial charge in [-0.05, 0) is 38.8 Å². The van der Waals surface area contributed by atoms with Crippen molar-refractivity contribution in [2.75, 3.05) is 39.3 Å². The van der Waals surface area contributed by atoms with E-state index in [1.807, 2.05) is 4.90 Å². The number of hydrogen-bond acceptors (Lipinski definition) is 3. The number of nitrogens with zero attached hydrogens (tertiary/aromatic N) is 2. The van der Waals surface area contributed by atoms with Gasteiger partial charge >= 0.3 is 0 Å². The maximum absolute atomic E-state index is 11.2. The van der Waals surface area contributed by atoms with Crippen molar-refractivity contribution in [3.8, 4) is 0 Å². The molecule has 0 aromatic carbocycles. The Hall–Kier alpha value is -0.610. The van der Waals surface area contributed by atoms with Crippen LogP contribution in [0.1, 0.15) is 39.0 Å². The summed E-state index contributed by atoms with van der Waals surface area (Å²) in [7, 11) is 0. The molecule has 0 spiro atoms. The molecule has 2 aliphatic rings. The van der Waals surface area contributed by atoms with Gasteiger partial charge in [0, 0.05) is 39.1 Å². The Labute approximate surface area is 111 Å². The van der Waals surface area contributed by atoms with Crippen LogP contribution in [0.15, 0.2) is 0 Å². The molecule has 4 nitrogen and oxygen atoms in total. The number of amides is 1. The minimum atomic E-state index is 0.224. The highest BCUT2D eigenvalue weighted by Gasteiger charge is 2.20. The number of rotatable bonds is 4. The Bertz CT molecular complexity index is 256. The molecule has 2 aliphatic heterocycles. The molecule has 2 fully saturated rings. The molecule has 2 heterocycles. The summed E-state index contributed by atoms with van der Waals surface area (Å²) >= 11 is 0. The van der Waals surface area contributed by atoms with Crippen LogP contribution in [-0.4, -0.2) is 61.0 Å². The lowest BCUT2D eigenvalue weighted by Crippen LogP contribution is -2.46. The molecule has 4 heteroatoms. The van der Waals surface area contributed by atoms with E-state index in [-0.39, 0.29) is 5.91 Å². The van der Waals surface area contributed by atoms with Gasteiger partial charge < -0.3 is 15.1 Å². The van der Waals surface area contributed by atoms with E-state index < -0.39 is 0 Å². The van der Waals surface area contributed by atoms with Gasteiger partial charge in [-0.2, -0.15) is 0 Å². The minimum Gasteiger partial charge on any atom is -0.343 e. The summed E-state index contributed by atoms with van der Waals surface area (Å²) in [6.45, 7) is 8.38. The molecule has 0 bridgehead atoms. The third-order valence-electron chi connectivity index (χ3n) is 4.25.